The Bertz CT molecular complexity index is 1050. The van der Waals surface area contributed by atoms with E-state index in [9.17, 15) is 9.18 Å². The van der Waals surface area contributed by atoms with E-state index in [-0.39, 0.29) is 18.6 Å². The SMILES string of the molecule is CC1CN(C(CNC(=O)c2cnc(-c3ccccc3)nc2)c2c(F)cccc2Cl)CCO1. The first-order chi connectivity index (χ1) is 15.5. The number of aromatic nitrogens is 2. The Labute approximate surface area is 191 Å². The van der Waals surface area contributed by atoms with Gasteiger partial charge >= 0.3 is 0 Å². The Morgan fingerprint density at radius 1 is 1.22 bits per heavy atom. The van der Waals surface area contributed by atoms with Gasteiger partial charge in [-0.2, -0.15) is 0 Å². The van der Waals surface area contributed by atoms with Crippen LogP contribution in [0.3, 0.4) is 0 Å². The molecule has 0 saturated carbocycles. The molecule has 0 bridgehead atoms. The van der Waals surface area contributed by atoms with Crippen molar-refractivity contribution in [3.8, 4) is 11.4 Å². The van der Waals surface area contributed by atoms with Crippen molar-refractivity contribution in [3.05, 3.63) is 82.9 Å². The number of hydrogen-bond donors (Lipinski definition) is 1. The molecule has 1 saturated heterocycles. The lowest BCUT2D eigenvalue weighted by molar-refractivity contribution is -0.0346. The Hall–Kier alpha value is -2.87. The number of ether oxygens (including phenoxy) is 1. The molecule has 1 N–H and O–H groups in total. The molecule has 32 heavy (non-hydrogen) atoms. The molecule has 2 unspecified atom stereocenters. The third kappa shape index (κ3) is 5.12. The summed E-state index contributed by atoms with van der Waals surface area (Å²) in [5.74, 6) is -0.185. The largest absolute Gasteiger partial charge is 0.376 e. The maximum atomic E-state index is 14.7. The minimum Gasteiger partial charge on any atom is -0.376 e. The van der Waals surface area contributed by atoms with Gasteiger partial charge in [-0.25, -0.2) is 14.4 Å². The number of morpholine rings is 1. The highest BCUT2D eigenvalue weighted by Crippen LogP contribution is 2.31. The molecule has 1 amide bonds. The van der Waals surface area contributed by atoms with Crippen molar-refractivity contribution in [3.63, 3.8) is 0 Å². The van der Waals surface area contributed by atoms with Gasteiger partial charge in [-0.1, -0.05) is 48.0 Å². The lowest BCUT2D eigenvalue weighted by Crippen LogP contribution is -2.47. The van der Waals surface area contributed by atoms with Crippen LogP contribution in [0.25, 0.3) is 11.4 Å². The summed E-state index contributed by atoms with van der Waals surface area (Å²) >= 11 is 6.36. The number of rotatable bonds is 6. The maximum absolute atomic E-state index is 14.7. The summed E-state index contributed by atoms with van der Waals surface area (Å²) in [7, 11) is 0. The minimum atomic E-state index is -0.427. The van der Waals surface area contributed by atoms with Crippen LogP contribution in [0, 0.1) is 5.82 Å². The topological polar surface area (TPSA) is 67.4 Å². The Kier molecular flexibility index (Phi) is 7.09. The molecule has 1 aromatic heterocycles. The highest BCUT2D eigenvalue weighted by molar-refractivity contribution is 6.31. The van der Waals surface area contributed by atoms with Gasteiger partial charge in [0.15, 0.2) is 5.82 Å². The first-order valence-electron chi connectivity index (χ1n) is 10.5. The van der Waals surface area contributed by atoms with Crippen LogP contribution in [0.4, 0.5) is 4.39 Å². The number of halogens is 2. The van der Waals surface area contributed by atoms with Gasteiger partial charge in [-0.3, -0.25) is 9.69 Å². The number of carbonyl (C=O) groups is 1. The molecular weight excluding hydrogens is 431 g/mol. The van der Waals surface area contributed by atoms with Gasteiger partial charge in [-0.15, -0.1) is 0 Å². The van der Waals surface area contributed by atoms with Gasteiger partial charge in [-0.05, 0) is 19.1 Å². The van der Waals surface area contributed by atoms with Crippen LogP contribution in [0.5, 0.6) is 0 Å². The average Bonchev–Trinajstić information content (AvgIpc) is 2.81. The van der Waals surface area contributed by atoms with Gasteiger partial charge in [0.2, 0.25) is 0 Å². The second-order valence-corrected chi connectivity index (χ2v) is 8.11. The summed E-state index contributed by atoms with van der Waals surface area (Å²) < 4.78 is 20.4. The monoisotopic (exact) mass is 454 g/mol. The van der Waals surface area contributed by atoms with E-state index in [4.69, 9.17) is 16.3 Å². The molecule has 2 atom stereocenters. The van der Waals surface area contributed by atoms with E-state index in [1.807, 2.05) is 37.3 Å². The summed E-state index contributed by atoms with van der Waals surface area (Å²) in [6.07, 6.45) is 2.99. The van der Waals surface area contributed by atoms with Gasteiger partial charge in [0.1, 0.15) is 5.82 Å². The van der Waals surface area contributed by atoms with Gasteiger partial charge < -0.3 is 10.1 Å². The molecular formula is C24H24ClFN4O2. The first kappa shape index (κ1) is 22.3. The first-order valence-corrected chi connectivity index (χ1v) is 10.9. The van der Waals surface area contributed by atoms with Crippen molar-refractivity contribution in [2.24, 2.45) is 0 Å². The quantitative estimate of drug-likeness (QED) is 0.606. The molecule has 3 aromatic rings. The molecule has 0 radical (unpaired) electrons. The molecule has 6 nitrogen and oxygen atoms in total. The predicted octanol–water partition coefficient (Wildman–Crippen LogP) is 4.13. The van der Waals surface area contributed by atoms with E-state index in [2.05, 4.69) is 20.2 Å². The van der Waals surface area contributed by atoms with Crippen LogP contribution in [-0.4, -0.2) is 53.1 Å². The van der Waals surface area contributed by atoms with Crippen molar-refractivity contribution < 1.29 is 13.9 Å². The molecule has 0 spiro atoms. The van der Waals surface area contributed by atoms with Crippen LogP contribution < -0.4 is 5.32 Å². The number of hydrogen-bond acceptors (Lipinski definition) is 5. The summed E-state index contributed by atoms with van der Waals surface area (Å²) in [5.41, 5.74) is 1.58. The van der Waals surface area contributed by atoms with Gasteiger partial charge in [0.25, 0.3) is 5.91 Å². The van der Waals surface area contributed by atoms with Crippen LogP contribution in [-0.2, 0) is 4.74 Å². The zero-order valence-electron chi connectivity index (χ0n) is 17.7. The Balaban J connectivity index is 1.51. The summed E-state index contributed by atoms with van der Waals surface area (Å²) in [6, 6.07) is 13.7. The van der Waals surface area contributed by atoms with E-state index in [1.165, 1.54) is 18.5 Å². The van der Waals surface area contributed by atoms with E-state index < -0.39 is 11.9 Å². The smallest absolute Gasteiger partial charge is 0.254 e. The maximum Gasteiger partial charge on any atom is 0.254 e. The van der Waals surface area contributed by atoms with Crippen molar-refractivity contribution >= 4 is 17.5 Å². The highest BCUT2D eigenvalue weighted by atomic mass is 35.5. The highest BCUT2D eigenvalue weighted by Gasteiger charge is 2.29. The zero-order valence-corrected chi connectivity index (χ0v) is 18.4. The second-order valence-electron chi connectivity index (χ2n) is 7.70. The molecule has 2 heterocycles. The van der Waals surface area contributed by atoms with Crippen molar-refractivity contribution in [2.75, 3.05) is 26.2 Å². The van der Waals surface area contributed by atoms with E-state index in [0.29, 0.717) is 41.7 Å². The Morgan fingerprint density at radius 2 is 1.97 bits per heavy atom. The van der Waals surface area contributed by atoms with Crippen molar-refractivity contribution in [2.45, 2.75) is 19.1 Å². The molecule has 8 heteroatoms. The van der Waals surface area contributed by atoms with Crippen LogP contribution in [0.15, 0.2) is 60.9 Å². The van der Waals surface area contributed by atoms with Crippen LogP contribution in [0.1, 0.15) is 28.9 Å². The van der Waals surface area contributed by atoms with Crippen molar-refractivity contribution in [1.29, 1.82) is 0 Å². The lowest BCUT2D eigenvalue weighted by atomic mass is 10.0. The molecule has 0 aliphatic carbocycles. The minimum absolute atomic E-state index is 0.00596. The molecule has 1 aliphatic heterocycles. The normalized spacial score (nSPS) is 17.7. The zero-order chi connectivity index (χ0) is 22.5. The number of nitrogens with one attached hydrogen (secondary N) is 1. The fourth-order valence-corrected chi connectivity index (χ4v) is 4.13. The van der Waals surface area contributed by atoms with E-state index >= 15 is 0 Å². The van der Waals surface area contributed by atoms with Gasteiger partial charge in [0.05, 0.1) is 24.3 Å². The summed E-state index contributed by atoms with van der Waals surface area (Å²) in [4.78, 5) is 23.5. The van der Waals surface area contributed by atoms with Crippen LogP contribution in [0.2, 0.25) is 5.02 Å². The second kappa shape index (κ2) is 10.2. The number of nitrogens with zero attached hydrogens (tertiary/aromatic N) is 3. The van der Waals surface area contributed by atoms with E-state index in [1.54, 1.807) is 12.1 Å². The standard InChI is InChI=1S/C24H24ClFN4O2/c1-16-15-30(10-11-32-16)21(22-19(25)8-5-9-20(22)26)14-29-24(31)18-12-27-23(28-13-18)17-6-3-2-4-7-17/h2-9,12-13,16,21H,10-11,14-15H2,1H3,(H,29,31). The summed E-state index contributed by atoms with van der Waals surface area (Å²) in [6.45, 7) is 3.92. The van der Waals surface area contributed by atoms with Crippen LogP contribution >= 0.6 is 11.6 Å². The van der Waals surface area contributed by atoms with Crippen molar-refractivity contribution in [1.82, 2.24) is 20.2 Å². The number of amides is 1. The molecule has 4 rings (SSSR count). The average molecular weight is 455 g/mol. The molecule has 2 aromatic carbocycles. The fourth-order valence-electron chi connectivity index (χ4n) is 3.84. The third-order valence-electron chi connectivity index (χ3n) is 5.45. The fraction of sp³-hybridized carbons (Fsp3) is 0.292. The Morgan fingerprint density at radius 3 is 2.66 bits per heavy atom. The molecule has 166 valence electrons. The van der Waals surface area contributed by atoms with Gasteiger partial charge in [0, 0.05) is 48.2 Å². The number of benzene rings is 2. The third-order valence-corrected chi connectivity index (χ3v) is 5.78. The predicted molar refractivity (Wildman–Crippen MR) is 121 cm³/mol. The lowest BCUT2D eigenvalue weighted by Gasteiger charge is -2.38. The van der Waals surface area contributed by atoms with E-state index in [0.717, 1.165) is 5.56 Å². The number of carbonyl (C=O) groups excluding carboxylic acids is 1. The molecule has 1 aliphatic rings. The summed E-state index contributed by atoms with van der Waals surface area (Å²) in [5, 5.41) is 3.23. The molecule has 1 fully saturated rings.